The maximum atomic E-state index is 11.9. The Morgan fingerprint density at radius 1 is 1.39 bits per heavy atom. The zero-order valence-corrected chi connectivity index (χ0v) is 11.6. The van der Waals surface area contributed by atoms with Crippen molar-refractivity contribution in [1.82, 2.24) is 9.78 Å². The van der Waals surface area contributed by atoms with E-state index in [1.165, 1.54) is 0 Å². The second-order valence-electron chi connectivity index (χ2n) is 3.78. The van der Waals surface area contributed by atoms with Crippen LogP contribution in [0, 0.1) is 0 Å². The van der Waals surface area contributed by atoms with Crippen LogP contribution in [0.4, 0.5) is 0 Å². The predicted octanol–water partition coefficient (Wildman–Crippen LogP) is 3.56. The zero-order chi connectivity index (χ0) is 13.0. The molecule has 18 heavy (non-hydrogen) atoms. The Labute approximate surface area is 114 Å². The van der Waals surface area contributed by atoms with Gasteiger partial charge in [-0.15, -0.1) is 0 Å². The lowest BCUT2D eigenvalue weighted by atomic mass is 10.2. The van der Waals surface area contributed by atoms with Crippen LogP contribution in [-0.2, 0) is 6.54 Å². The Bertz CT molecular complexity index is 587. The largest absolute Gasteiger partial charge is 0.287 e. The molecule has 0 unspecified atom stereocenters. The van der Waals surface area contributed by atoms with E-state index >= 15 is 0 Å². The van der Waals surface area contributed by atoms with E-state index in [0.717, 1.165) is 16.6 Å². The first-order chi connectivity index (χ1) is 8.70. The topological polar surface area (TPSA) is 34.9 Å². The highest BCUT2D eigenvalue weighted by Crippen LogP contribution is 2.17. The lowest BCUT2D eigenvalue weighted by Gasteiger charge is -1.96. The number of aromatic nitrogens is 2. The van der Waals surface area contributed by atoms with E-state index in [1.54, 1.807) is 29.1 Å². The second kappa shape index (κ2) is 5.78. The molecular weight excluding hydrogens is 292 g/mol. The van der Waals surface area contributed by atoms with E-state index in [1.807, 2.05) is 31.2 Å². The minimum absolute atomic E-state index is 0.0852. The van der Waals surface area contributed by atoms with Crippen LogP contribution in [0.3, 0.4) is 0 Å². The monoisotopic (exact) mass is 304 g/mol. The minimum atomic E-state index is -0.0852. The molecule has 4 heteroatoms. The molecule has 0 aliphatic rings. The first kappa shape index (κ1) is 12.8. The fourth-order valence-electron chi connectivity index (χ4n) is 1.53. The van der Waals surface area contributed by atoms with Crippen molar-refractivity contribution in [3.63, 3.8) is 0 Å². The molecule has 92 valence electrons. The summed E-state index contributed by atoms with van der Waals surface area (Å²) in [5.74, 6) is -0.0852. The van der Waals surface area contributed by atoms with Crippen molar-refractivity contribution in [2.45, 2.75) is 13.5 Å². The number of benzene rings is 1. The first-order valence-electron chi connectivity index (χ1n) is 5.71. The number of hydrogen-bond acceptors (Lipinski definition) is 2. The van der Waals surface area contributed by atoms with Gasteiger partial charge in [0.05, 0.1) is 0 Å². The number of ketones is 1. The summed E-state index contributed by atoms with van der Waals surface area (Å²) in [6.45, 7) is 2.75. The van der Waals surface area contributed by atoms with E-state index in [2.05, 4.69) is 21.0 Å². The highest BCUT2D eigenvalue weighted by atomic mass is 79.9. The predicted molar refractivity (Wildman–Crippen MR) is 75.4 cm³/mol. The van der Waals surface area contributed by atoms with Gasteiger partial charge in [0.1, 0.15) is 5.69 Å². The van der Waals surface area contributed by atoms with Gasteiger partial charge >= 0.3 is 0 Å². The molecule has 0 N–H and O–H groups in total. The van der Waals surface area contributed by atoms with Crippen molar-refractivity contribution in [3.8, 4) is 0 Å². The van der Waals surface area contributed by atoms with E-state index < -0.39 is 0 Å². The van der Waals surface area contributed by atoms with Crippen LogP contribution in [0.5, 0.6) is 0 Å². The van der Waals surface area contributed by atoms with Crippen molar-refractivity contribution >= 4 is 27.8 Å². The van der Waals surface area contributed by atoms with Crippen molar-refractivity contribution in [2.75, 3.05) is 0 Å². The molecule has 1 aromatic carbocycles. The quantitative estimate of drug-likeness (QED) is 0.639. The lowest BCUT2D eigenvalue weighted by molar-refractivity contribution is 0.104. The number of halogens is 1. The molecule has 3 nitrogen and oxygen atoms in total. The molecule has 0 saturated carbocycles. The number of carbonyl (C=O) groups is 1. The first-order valence-corrected chi connectivity index (χ1v) is 6.50. The third-order valence-corrected chi connectivity index (χ3v) is 3.26. The molecule has 0 fully saturated rings. The summed E-state index contributed by atoms with van der Waals surface area (Å²) in [5.41, 5.74) is 1.45. The molecule has 0 amide bonds. The maximum absolute atomic E-state index is 11.9. The number of aryl methyl sites for hydroxylation is 1. The van der Waals surface area contributed by atoms with Gasteiger partial charge in [-0.05, 0) is 36.8 Å². The molecule has 0 radical (unpaired) electrons. The molecular formula is C14H13BrN2O. The summed E-state index contributed by atoms with van der Waals surface area (Å²) < 4.78 is 2.70. The second-order valence-corrected chi connectivity index (χ2v) is 4.63. The van der Waals surface area contributed by atoms with Crippen LogP contribution < -0.4 is 0 Å². The molecule has 2 aromatic rings. The Morgan fingerprint density at radius 2 is 2.17 bits per heavy atom. The highest BCUT2D eigenvalue weighted by molar-refractivity contribution is 9.10. The van der Waals surface area contributed by atoms with Crippen molar-refractivity contribution < 1.29 is 4.79 Å². The summed E-state index contributed by atoms with van der Waals surface area (Å²) >= 11 is 3.44. The van der Waals surface area contributed by atoms with Gasteiger partial charge in [-0.2, -0.15) is 5.10 Å². The van der Waals surface area contributed by atoms with Crippen molar-refractivity contribution in [1.29, 1.82) is 0 Å². The van der Waals surface area contributed by atoms with Gasteiger partial charge in [0.2, 0.25) is 5.78 Å². The molecule has 0 aliphatic carbocycles. The summed E-state index contributed by atoms with van der Waals surface area (Å²) in [7, 11) is 0. The Kier molecular flexibility index (Phi) is 4.10. The summed E-state index contributed by atoms with van der Waals surface area (Å²) in [5, 5.41) is 4.17. The third kappa shape index (κ3) is 2.96. The van der Waals surface area contributed by atoms with Crippen molar-refractivity contribution in [3.05, 3.63) is 58.3 Å². The van der Waals surface area contributed by atoms with E-state index in [-0.39, 0.29) is 5.78 Å². The van der Waals surface area contributed by atoms with Crippen LogP contribution in [0.2, 0.25) is 0 Å². The van der Waals surface area contributed by atoms with Gasteiger partial charge in [0.25, 0.3) is 0 Å². The molecule has 0 saturated heterocycles. The van der Waals surface area contributed by atoms with Crippen molar-refractivity contribution in [2.24, 2.45) is 0 Å². The number of nitrogens with zero attached hydrogens (tertiary/aromatic N) is 2. The smallest absolute Gasteiger partial charge is 0.206 e. The SMILES string of the molecule is CCn1ccc(C(=O)/C=C/c2ccccc2Br)n1. The fourth-order valence-corrected chi connectivity index (χ4v) is 1.95. The molecule has 0 aliphatic heterocycles. The zero-order valence-electron chi connectivity index (χ0n) is 10.0. The molecule has 0 spiro atoms. The molecule has 1 aromatic heterocycles. The van der Waals surface area contributed by atoms with E-state index in [0.29, 0.717) is 5.69 Å². The number of allylic oxidation sites excluding steroid dienone is 1. The average molecular weight is 305 g/mol. The molecule has 2 rings (SSSR count). The standard InChI is InChI=1S/C14H13BrN2O/c1-2-17-10-9-13(16-17)14(18)8-7-11-5-3-4-6-12(11)15/h3-10H,2H2,1H3/b8-7+. The van der Waals surface area contributed by atoms with Crippen LogP contribution in [0.15, 0.2) is 47.1 Å². The van der Waals surface area contributed by atoms with Crippen LogP contribution in [0.25, 0.3) is 6.08 Å². The summed E-state index contributed by atoms with van der Waals surface area (Å²) in [4.78, 5) is 11.9. The average Bonchev–Trinajstić information content (AvgIpc) is 2.86. The minimum Gasteiger partial charge on any atom is -0.287 e. The maximum Gasteiger partial charge on any atom is 0.206 e. The Morgan fingerprint density at radius 3 is 2.83 bits per heavy atom. The van der Waals surface area contributed by atoms with E-state index in [4.69, 9.17) is 0 Å². The van der Waals surface area contributed by atoms with Gasteiger partial charge < -0.3 is 0 Å². The normalized spacial score (nSPS) is 11.0. The Hall–Kier alpha value is -1.68. The highest BCUT2D eigenvalue weighted by Gasteiger charge is 2.05. The Balaban J connectivity index is 2.14. The number of rotatable bonds is 4. The summed E-state index contributed by atoms with van der Waals surface area (Å²) in [6.07, 6.45) is 5.14. The third-order valence-electron chi connectivity index (χ3n) is 2.54. The van der Waals surface area contributed by atoms with Gasteiger partial charge in [0, 0.05) is 17.2 Å². The molecule has 1 heterocycles. The van der Waals surface area contributed by atoms with Crippen LogP contribution in [-0.4, -0.2) is 15.6 Å². The van der Waals surface area contributed by atoms with Crippen LogP contribution >= 0.6 is 15.9 Å². The van der Waals surface area contributed by atoms with Crippen LogP contribution in [0.1, 0.15) is 23.0 Å². The summed E-state index contributed by atoms with van der Waals surface area (Å²) in [6, 6.07) is 9.48. The number of hydrogen-bond donors (Lipinski definition) is 0. The van der Waals surface area contributed by atoms with Gasteiger partial charge in [-0.1, -0.05) is 34.1 Å². The lowest BCUT2D eigenvalue weighted by Crippen LogP contribution is -1.99. The van der Waals surface area contributed by atoms with Gasteiger partial charge in [0.15, 0.2) is 0 Å². The van der Waals surface area contributed by atoms with E-state index in [9.17, 15) is 4.79 Å². The fraction of sp³-hybridized carbons (Fsp3) is 0.143. The molecule has 0 atom stereocenters. The van der Waals surface area contributed by atoms with Gasteiger partial charge in [-0.25, -0.2) is 0 Å². The molecule has 0 bridgehead atoms. The van der Waals surface area contributed by atoms with Gasteiger partial charge in [-0.3, -0.25) is 9.48 Å². The number of carbonyl (C=O) groups excluding carboxylic acids is 1.